The lowest BCUT2D eigenvalue weighted by atomic mass is 10.0. The molecule has 4 nitrogen and oxygen atoms in total. The average Bonchev–Trinajstić information content (AvgIpc) is 2.47. The molecule has 0 atom stereocenters. The molecule has 1 heterocycles. The number of esters is 1. The molecule has 0 bridgehead atoms. The molecule has 1 fully saturated rings. The second-order valence-electron chi connectivity index (χ2n) is 5.62. The maximum atomic E-state index is 11.8. The summed E-state index contributed by atoms with van der Waals surface area (Å²) in [5.74, 6) is -0.247. The highest BCUT2D eigenvalue weighted by atomic mass is 16.5. The first-order valence-corrected chi connectivity index (χ1v) is 7.17. The molecule has 0 amide bonds. The summed E-state index contributed by atoms with van der Waals surface area (Å²) in [5.41, 5.74) is 1.74. The van der Waals surface area contributed by atoms with Gasteiger partial charge in [0, 0.05) is 12.6 Å². The van der Waals surface area contributed by atoms with Crippen LogP contribution >= 0.6 is 0 Å². The predicted molar refractivity (Wildman–Crippen MR) is 79.8 cm³/mol. The van der Waals surface area contributed by atoms with E-state index in [9.17, 15) is 4.79 Å². The van der Waals surface area contributed by atoms with Crippen molar-refractivity contribution in [3.63, 3.8) is 0 Å². The number of nitrogens with zero attached hydrogens (tertiary/aromatic N) is 2. The van der Waals surface area contributed by atoms with Crippen LogP contribution in [0, 0.1) is 0 Å². The van der Waals surface area contributed by atoms with Crippen LogP contribution in [-0.4, -0.2) is 56.1 Å². The number of carbonyl (C=O) groups is 1. The molecule has 1 aromatic carbocycles. The third kappa shape index (κ3) is 3.58. The van der Waals surface area contributed by atoms with E-state index in [-0.39, 0.29) is 5.97 Å². The minimum atomic E-state index is -0.247. The van der Waals surface area contributed by atoms with Crippen LogP contribution in [0.25, 0.3) is 0 Å². The summed E-state index contributed by atoms with van der Waals surface area (Å²) in [6, 6.07) is 8.41. The van der Waals surface area contributed by atoms with Gasteiger partial charge in [-0.25, -0.2) is 4.79 Å². The Morgan fingerprint density at radius 2 is 1.95 bits per heavy atom. The normalized spacial score (nSPS) is 17.4. The first-order chi connectivity index (χ1) is 9.61. The third-order valence-corrected chi connectivity index (χ3v) is 4.10. The second kappa shape index (κ2) is 6.86. The van der Waals surface area contributed by atoms with Crippen molar-refractivity contribution < 1.29 is 9.53 Å². The Balaban J connectivity index is 1.99. The summed E-state index contributed by atoms with van der Waals surface area (Å²) in [6.07, 6.45) is 2.38. The number of ether oxygens (including phenoxy) is 1. The van der Waals surface area contributed by atoms with Crippen LogP contribution in [0.2, 0.25) is 0 Å². The predicted octanol–water partition coefficient (Wildman–Crippen LogP) is 2.00. The molecule has 1 aliphatic rings. The number of likely N-dealkylation sites (tertiary alicyclic amines) is 1. The minimum Gasteiger partial charge on any atom is -0.465 e. The number of rotatable bonds is 4. The molecule has 0 saturated carbocycles. The van der Waals surface area contributed by atoms with Crippen molar-refractivity contribution in [3.05, 3.63) is 35.4 Å². The molecule has 1 saturated heterocycles. The summed E-state index contributed by atoms with van der Waals surface area (Å²) in [6.45, 7) is 2.99. The third-order valence-electron chi connectivity index (χ3n) is 4.10. The van der Waals surface area contributed by atoms with Gasteiger partial charge in [0.15, 0.2) is 0 Å². The van der Waals surface area contributed by atoms with Gasteiger partial charge in [-0.2, -0.15) is 0 Å². The Bertz CT molecular complexity index is 452. The molecule has 2 rings (SSSR count). The van der Waals surface area contributed by atoms with Gasteiger partial charge in [-0.15, -0.1) is 0 Å². The van der Waals surface area contributed by atoms with Crippen LogP contribution < -0.4 is 0 Å². The van der Waals surface area contributed by atoms with Gasteiger partial charge < -0.3 is 9.64 Å². The highest BCUT2D eigenvalue weighted by Gasteiger charge is 2.21. The molecule has 0 N–H and O–H groups in total. The zero-order valence-electron chi connectivity index (χ0n) is 12.6. The van der Waals surface area contributed by atoms with Gasteiger partial charge in [-0.3, -0.25) is 4.90 Å². The lowest BCUT2D eigenvalue weighted by Crippen LogP contribution is -2.41. The van der Waals surface area contributed by atoms with Crippen LogP contribution in [0.3, 0.4) is 0 Å². The molecule has 1 aliphatic heterocycles. The van der Waals surface area contributed by atoms with Crippen LogP contribution in [-0.2, 0) is 11.3 Å². The SMILES string of the molecule is COC(=O)c1ccccc1CN1CCC(N(C)C)CC1. The number of carbonyl (C=O) groups excluding carboxylic acids is 1. The Hall–Kier alpha value is -1.39. The van der Waals surface area contributed by atoms with Crippen molar-refractivity contribution in [3.8, 4) is 0 Å². The van der Waals surface area contributed by atoms with E-state index in [1.54, 1.807) is 0 Å². The van der Waals surface area contributed by atoms with Gasteiger partial charge in [0.1, 0.15) is 0 Å². The van der Waals surface area contributed by atoms with Crippen molar-refractivity contribution >= 4 is 5.97 Å². The average molecular weight is 276 g/mol. The molecule has 1 aromatic rings. The molecule has 0 unspecified atom stereocenters. The quantitative estimate of drug-likeness (QED) is 0.788. The van der Waals surface area contributed by atoms with Crippen LogP contribution in [0.1, 0.15) is 28.8 Å². The monoisotopic (exact) mass is 276 g/mol. The highest BCUT2D eigenvalue weighted by molar-refractivity contribution is 5.90. The maximum Gasteiger partial charge on any atom is 0.338 e. The Kier molecular flexibility index (Phi) is 5.15. The molecular formula is C16H24N2O2. The van der Waals surface area contributed by atoms with Crippen molar-refractivity contribution in [1.29, 1.82) is 0 Å². The molecule has 0 aromatic heterocycles. The number of methoxy groups -OCH3 is 1. The minimum absolute atomic E-state index is 0.247. The Morgan fingerprint density at radius 3 is 2.55 bits per heavy atom. The summed E-state index contributed by atoms with van der Waals surface area (Å²) in [4.78, 5) is 16.5. The van der Waals surface area contributed by atoms with E-state index in [2.05, 4.69) is 23.9 Å². The largest absolute Gasteiger partial charge is 0.465 e. The van der Waals surface area contributed by atoms with Gasteiger partial charge in [0.25, 0.3) is 0 Å². The topological polar surface area (TPSA) is 32.8 Å². The van der Waals surface area contributed by atoms with Crippen LogP contribution in [0.5, 0.6) is 0 Å². The fraction of sp³-hybridized carbons (Fsp3) is 0.562. The molecule has 0 radical (unpaired) electrons. The Morgan fingerprint density at radius 1 is 1.30 bits per heavy atom. The van der Waals surface area contributed by atoms with Gasteiger partial charge in [0.2, 0.25) is 0 Å². The Labute approximate surface area is 121 Å². The van der Waals surface area contributed by atoms with E-state index < -0.39 is 0 Å². The number of hydrogen-bond donors (Lipinski definition) is 0. The van der Waals surface area contributed by atoms with E-state index in [0.717, 1.165) is 25.2 Å². The zero-order chi connectivity index (χ0) is 14.5. The standard InChI is InChI=1S/C16H24N2O2/c1-17(2)14-8-10-18(11-9-14)12-13-6-4-5-7-15(13)16(19)20-3/h4-7,14H,8-12H2,1-3H3. The van der Waals surface area contributed by atoms with E-state index in [1.165, 1.54) is 20.0 Å². The van der Waals surface area contributed by atoms with Crippen molar-refractivity contribution in [1.82, 2.24) is 9.80 Å². The number of piperidine rings is 1. The van der Waals surface area contributed by atoms with E-state index in [0.29, 0.717) is 11.6 Å². The second-order valence-corrected chi connectivity index (χ2v) is 5.62. The van der Waals surface area contributed by atoms with E-state index in [1.807, 2.05) is 24.3 Å². The summed E-state index contributed by atoms with van der Waals surface area (Å²) in [5, 5.41) is 0. The molecule has 4 heteroatoms. The van der Waals surface area contributed by atoms with Crippen molar-refractivity contribution in [2.24, 2.45) is 0 Å². The van der Waals surface area contributed by atoms with Crippen molar-refractivity contribution in [2.45, 2.75) is 25.4 Å². The van der Waals surface area contributed by atoms with Crippen molar-refractivity contribution in [2.75, 3.05) is 34.3 Å². The molecular weight excluding hydrogens is 252 g/mol. The molecule has 110 valence electrons. The van der Waals surface area contributed by atoms with Gasteiger partial charge in [0.05, 0.1) is 12.7 Å². The molecule has 0 aliphatic carbocycles. The first kappa shape index (κ1) is 15.0. The molecule has 20 heavy (non-hydrogen) atoms. The highest BCUT2D eigenvalue weighted by Crippen LogP contribution is 2.18. The smallest absolute Gasteiger partial charge is 0.338 e. The van der Waals surface area contributed by atoms with Gasteiger partial charge in [-0.1, -0.05) is 18.2 Å². The van der Waals surface area contributed by atoms with Crippen LogP contribution in [0.15, 0.2) is 24.3 Å². The number of hydrogen-bond acceptors (Lipinski definition) is 4. The molecule has 0 spiro atoms. The zero-order valence-corrected chi connectivity index (χ0v) is 12.6. The first-order valence-electron chi connectivity index (χ1n) is 7.17. The van der Waals surface area contributed by atoms with Gasteiger partial charge >= 0.3 is 5.97 Å². The number of benzene rings is 1. The van der Waals surface area contributed by atoms with E-state index in [4.69, 9.17) is 4.74 Å². The summed E-state index contributed by atoms with van der Waals surface area (Å²) in [7, 11) is 5.72. The lowest BCUT2D eigenvalue weighted by Gasteiger charge is -2.35. The van der Waals surface area contributed by atoms with Crippen LogP contribution in [0.4, 0.5) is 0 Å². The van der Waals surface area contributed by atoms with E-state index >= 15 is 0 Å². The maximum absolute atomic E-state index is 11.8. The summed E-state index contributed by atoms with van der Waals surface area (Å²) >= 11 is 0. The fourth-order valence-electron chi connectivity index (χ4n) is 2.80. The lowest BCUT2D eigenvalue weighted by molar-refractivity contribution is 0.0597. The fourth-order valence-corrected chi connectivity index (χ4v) is 2.80. The summed E-state index contributed by atoms with van der Waals surface area (Å²) < 4.78 is 4.85. The van der Waals surface area contributed by atoms with Gasteiger partial charge in [-0.05, 0) is 51.7 Å².